The van der Waals surface area contributed by atoms with E-state index in [9.17, 15) is 12.8 Å². The summed E-state index contributed by atoms with van der Waals surface area (Å²) in [7, 11) is -2.00. The molecule has 9 heteroatoms. The molecular weight excluding hydrogens is 409 g/mol. The lowest BCUT2D eigenvalue weighted by Crippen LogP contribution is -2.48. The predicted octanol–water partition coefficient (Wildman–Crippen LogP) is 3.00. The van der Waals surface area contributed by atoms with Gasteiger partial charge in [0.15, 0.2) is 5.76 Å². The van der Waals surface area contributed by atoms with E-state index in [2.05, 4.69) is 10.1 Å². The first-order chi connectivity index (χ1) is 14.5. The van der Waals surface area contributed by atoms with Crippen LogP contribution in [0.3, 0.4) is 0 Å². The highest BCUT2D eigenvalue weighted by Gasteiger charge is 2.28. The van der Waals surface area contributed by atoms with E-state index in [-0.39, 0.29) is 4.90 Å². The van der Waals surface area contributed by atoms with E-state index in [1.807, 2.05) is 30.3 Å². The molecule has 1 aromatic heterocycles. The summed E-state index contributed by atoms with van der Waals surface area (Å²) in [6, 6.07) is 14.4. The van der Waals surface area contributed by atoms with E-state index in [1.165, 1.54) is 16.4 Å². The Morgan fingerprint density at radius 1 is 1.03 bits per heavy atom. The van der Waals surface area contributed by atoms with Crippen LogP contribution >= 0.6 is 0 Å². The molecule has 0 radical (unpaired) electrons. The van der Waals surface area contributed by atoms with Gasteiger partial charge in [-0.15, -0.1) is 0 Å². The first-order valence-electron chi connectivity index (χ1n) is 9.54. The molecule has 0 spiro atoms. The number of aromatic nitrogens is 1. The number of piperazine rings is 1. The second-order valence-corrected chi connectivity index (χ2v) is 8.98. The minimum atomic E-state index is -3.62. The second-order valence-electron chi connectivity index (χ2n) is 7.04. The highest BCUT2D eigenvalue weighted by atomic mass is 32.2. The highest BCUT2D eigenvalue weighted by molar-refractivity contribution is 7.89. The molecule has 0 atom stereocenters. The van der Waals surface area contributed by atoms with Crippen molar-refractivity contribution in [3.63, 3.8) is 0 Å². The normalized spacial score (nSPS) is 15.9. The molecule has 0 N–H and O–H groups in total. The lowest BCUT2D eigenvalue weighted by Gasteiger charge is -2.33. The van der Waals surface area contributed by atoms with Gasteiger partial charge in [-0.3, -0.25) is 4.90 Å². The zero-order valence-corrected chi connectivity index (χ0v) is 17.3. The van der Waals surface area contributed by atoms with Crippen LogP contribution in [0, 0.1) is 5.82 Å². The number of halogens is 1. The van der Waals surface area contributed by atoms with E-state index in [0.29, 0.717) is 32.7 Å². The Kier molecular flexibility index (Phi) is 5.85. The number of benzene rings is 2. The Labute approximate surface area is 174 Å². The average molecular weight is 431 g/mol. The van der Waals surface area contributed by atoms with E-state index in [1.54, 1.807) is 7.11 Å². The maximum absolute atomic E-state index is 13.1. The van der Waals surface area contributed by atoms with Crippen molar-refractivity contribution in [3.05, 3.63) is 66.2 Å². The Morgan fingerprint density at radius 3 is 2.33 bits per heavy atom. The fourth-order valence-electron chi connectivity index (χ4n) is 3.39. The van der Waals surface area contributed by atoms with Crippen LogP contribution in [0.25, 0.3) is 11.3 Å². The van der Waals surface area contributed by atoms with Gasteiger partial charge in [0.05, 0.1) is 18.6 Å². The summed E-state index contributed by atoms with van der Waals surface area (Å²) < 4.78 is 50.6. The minimum Gasteiger partial charge on any atom is -0.497 e. The number of nitrogens with zero attached hydrogens (tertiary/aromatic N) is 3. The minimum absolute atomic E-state index is 0.108. The molecule has 1 saturated heterocycles. The van der Waals surface area contributed by atoms with Crippen molar-refractivity contribution in [3.8, 4) is 17.0 Å². The molecule has 0 amide bonds. The highest BCUT2D eigenvalue weighted by Crippen LogP contribution is 2.23. The topological polar surface area (TPSA) is 75.9 Å². The van der Waals surface area contributed by atoms with Gasteiger partial charge in [0.2, 0.25) is 10.0 Å². The van der Waals surface area contributed by atoms with Crippen LogP contribution in [0.15, 0.2) is 64.0 Å². The zero-order chi connectivity index (χ0) is 21.1. The van der Waals surface area contributed by atoms with Crippen LogP contribution in [-0.4, -0.2) is 56.1 Å². The van der Waals surface area contributed by atoms with E-state index in [0.717, 1.165) is 34.9 Å². The predicted molar refractivity (Wildman–Crippen MR) is 109 cm³/mol. The summed E-state index contributed by atoms with van der Waals surface area (Å²) in [5.41, 5.74) is 1.67. The first kappa shape index (κ1) is 20.5. The molecule has 0 saturated carbocycles. The number of methoxy groups -OCH3 is 1. The van der Waals surface area contributed by atoms with Crippen LogP contribution < -0.4 is 4.74 Å². The lowest BCUT2D eigenvalue weighted by atomic mass is 10.1. The molecule has 0 unspecified atom stereocenters. The fourth-order valence-corrected chi connectivity index (χ4v) is 4.81. The van der Waals surface area contributed by atoms with Crippen molar-refractivity contribution in [1.29, 1.82) is 0 Å². The van der Waals surface area contributed by atoms with E-state index >= 15 is 0 Å². The van der Waals surface area contributed by atoms with Gasteiger partial charge in [-0.05, 0) is 48.5 Å². The largest absolute Gasteiger partial charge is 0.497 e. The van der Waals surface area contributed by atoms with Crippen molar-refractivity contribution in [2.45, 2.75) is 11.4 Å². The summed E-state index contributed by atoms with van der Waals surface area (Å²) in [4.78, 5) is 2.23. The van der Waals surface area contributed by atoms with Crippen LogP contribution in [0.2, 0.25) is 0 Å². The maximum Gasteiger partial charge on any atom is 0.243 e. The molecule has 0 bridgehead atoms. The Hall–Kier alpha value is -2.75. The SMILES string of the molecule is COc1ccc(-c2cc(CN3CCN(S(=O)(=O)c4ccc(F)cc4)CC3)on2)cc1. The Morgan fingerprint density at radius 2 is 1.70 bits per heavy atom. The van der Waals surface area contributed by atoms with Gasteiger partial charge in [0.1, 0.15) is 17.3 Å². The molecule has 158 valence electrons. The fraction of sp³-hybridized carbons (Fsp3) is 0.286. The van der Waals surface area contributed by atoms with Gasteiger partial charge in [0, 0.05) is 37.8 Å². The van der Waals surface area contributed by atoms with Gasteiger partial charge in [0.25, 0.3) is 0 Å². The second kappa shape index (κ2) is 8.55. The van der Waals surface area contributed by atoms with Crippen LogP contribution in [0.1, 0.15) is 5.76 Å². The van der Waals surface area contributed by atoms with Crippen molar-refractivity contribution in [1.82, 2.24) is 14.4 Å². The monoisotopic (exact) mass is 431 g/mol. The summed E-state index contributed by atoms with van der Waals surface area (Å²) in [5, 5.41) is 4.13. The summed E-state index contributed by atoms with van der Waals surface area (Å²) in [5.74, 6) is 1.03. The Balaban J connectivity index is 1.36. The number of hydrogen-bond donors (Lipinski definition) is 0. The Bertz CT molecular complexity index is 1090. The molecule has 2 aromatic carbocycles. The van der Waals surface area contributed by atoms with Crippen LogP contribution in [0.5, 0.6) is 5.75 Å². The van der Waals surface area contributed by atoms with Crippen molar-refractivity contribution >= 4 is 10.0 Å². The molecule has 4 rings (SSSR count). The van der Waals surface area contributed by atoms with Crippen LogP contribution in [0.4, 0.5) is 4.39 Å². The summed E-state index contributed by atoms with van der Waals surface area (Å²) in [6.07, 6.45) is 0. The molecule has 1 fully saturated rings. The third kappa shape index (κ3) is 4.38. The molecule has 1 aliphatic heterocycles. The van der Waals surface area contributed by atoms with Gasteiger partial charge in [-0.25, -0.2) is 12.8 Å². The number of hydrogen-bond acceptors (Lipinski definition) is 6. The van der Waals surface area contributed by atoms with Gasteiger partial charge >= 0.3 is 0 Å². The molecule has 30 heavy (non-hydrogen) atoms. The number of rotatable bonds is 6. The zero-order valence-electron chi connectivity index (χ0n) is 16.5. The van der Waals surface area contributed by atoms with Gasteiger partial charge in [-0.1, -0.05) is 5.16 Å². The van der Waals surface area contributed by atoms with Gasteiger partial charge in [-0.2, -0.15) is 4.31 Å². The molecule has 0 aliphatic carbocycles. The molecule has 1 aliphatic rings. The summed E-state index contributed by atoms with van der Waals surface area (Å²) in [6.45, 7) is 2.41. The standard InChI is InChI=1S/C21H22FN3O4S/c1-28-18-6-2-16(3-7-18)21-14-19(29-23-21)15-24-10-12-25(13-11-24)30(26,27)20-8-4-17(22)5-9-20/h2-9,14H,10-13,15H2,1H3. The van der Waals surface area contributed by atoms with E-state index in [4.69, 9.17) is 9.26 Å². The third-order valence-electron chi connectivity index (χ3n) is 5.11. The molecule has 7 nitrogen and oxygen atoms in total. The average Bonchev–Trinajstić information content (AvgIpc) is 3.23. The lowest BCUT2D eigenvalue weighted by molar-refractivity contribution is 0.166. The first-order valence-corrected chi connectivity index (χ1v) is 11.0. The van der Waals surface area contributed by atoms with Crippen molar-refractivity contribution < 1.29 is 22.1 Å². The summed E-state index contributed by atoms with van der Waals surface area (Å²) >= 11 is 0. The van der Waals surface area contributed by atoms with Gasteiger partial charge < -0.3 is 9.26 Å². The molecule has 2 heterocycles. The number of ether oxygens (including phenoxy) is 1. The van der Waals surface area contributed by atoms with Crippen molar-refractivity contribution in [2.24, 2.45) is 0 Å². The van der Waals surface area contributed by atoms with Crippen LogP contribution in [-0.2, 0) is 16.6 Å². The van der Waals surface area contributed by atoms with E-state index < -0.39 is 15.8 Å². The number of sulfonamides is 1. The third-order valence-corrected chi connectivity index (χ3v) is 7.02. The molecular formula is C21H22FN3O4S. The molecule has 3 aromatic rings. The smallest absolute Gasteiger partial charge is 0.243 e. The van der Waals surface area contributed by atoms with Crippen molar-refractivity contribution in [2.75, 3.05) is 33.3 Å². The quantitative estimate of drug-likeness (QED) is 0.597. The maximum atomic E-state index is 13.1.